The first-order chi connectivity index (χ1) is 7.85. The van der Waals surface area contributed by atoms with Crippen molar-refractivity contribution in [1.82, 2.24) is 5.32 Å². The van der Waals surface area contributed by atoms with E-state index in [9.17, 15) is 13.2 Å². The van der Waals surface area contributed by atoms with Crippen molar-refractivity contribution in [2.24, 2.45) is 5.41 Å². The second-order valence-electron chi connectivity index (χ2n) is 4.47. The smallest absolute Gasteiger partial charge is 0.194 e. The van der Waals surface area contributed by atoms with E-state index in [1.165, 1.54) is 0 Å². The van der Waals surface area contributed by atoms with Crippen LogP contribution in [0.4, 0.5) is 13.2 Å². The molecule has 0 aliphatic carbocycles. The lowest BCUT2D eigenvalue weighted by Gasteiger charge is -2.15. The Kier molecular flexibility index (Phi) is 4.13. The van der Waals surface area contributed by atoms with Gasteiger partial charge in [-0.3, -0.25) is 0 Å². The van der Waals surface area contributed by atoms with Crippen LogP contribution >= 0.6 is 0 Å². The second-order valence-corrected chi connectivity index (χ2v) is 4.47. The van der Waals surface area contributed by atoms with Gasteiger partial charge in [0.1, 0.15) is 0 Å². The summed E-state index contributed by atoms with van der Waals surface area (Å²) in [6.45, 7) is 4.04. The molecule has 2 nitrogen and oxygen atoms in total. The molecule has 0 saturated heterocycles. The maximum atomic E-state index is 12.9. The van der Waals surface area contributed by atoms with Crippen molar-refractivity contribution >= 4 is 0 Å². The number of nitriles is 1. The van der Waals surface area contributed by atoms with Gasteiger partial charge in [0.25, 0.3) is 0 Å². The summed E-state index contributed by atoms with van der Waals surface area (Å²) in [4.78, 5) is 0. The predicted molar refractivity (Wildman–Crippen MR) is 57.4 cm³/mol. The van der Waals surface area contributed by atoms with Crippen molar-refractivity contribution < 1.29 is 13.2 Å². The third kappa shape index (κ3) is 3.75. The summed E-state index contributed by atoms with van der Waals surface area (Å²) >= 11 is 0. The summed E-state index contributed by atoms with van der Waals surface area (Å²) in [5, 5.41) is 11.6. The van der Waals surface area contributed by atoms with E-state index in [2.05, 4.69) is 11.4 Å². The molecule has 0 atom stereocenters. The van der Waals surface area contributed by atoms with E-state index in [0.717, 1.165) is 12.1 Å². The van der Waals surface area contributed by atoms with Crippen molar-refractivity contribution in [3.63, 3.8) is 0 Å². The summed E-state index contributed by atoms with van der Waals surface area (Å²) in [5.74, 6) is -3.88. The number of benzene rings is 1. The van der Waals surface area contributed by atoms with Gasteiger partial charge in [-0.05, 0) is 31.5 Å². The lowest BCUT2D eigenvalue weighted by atomic mass is 9.96. The zero-order valence-electron chi connectivity index (χ0n) is 9.65. The van der Waals surface area contributed by atoms with Crippen molar-refractivity contribution in [3.8, 4) is 6.07 Å². The lowest BCUT2D eigenvalue weighted by Crippen LogP contribution is -2.27. The zero-order valence-corrected chi connectivity index (χ0v) is 9.65. The summed E-state index contributed by atoms with van der Waals surface area (Å²) in [5.41, 5.74) is -0.257. The zero-order chi connectivity index (χ0) is 13.1. The van der Waals surface area contributed by atoms with E-state index in [-0.39, 0.29) is 6.54 Å². The molecule has 5 heteroatoms. The maximum absolute atomic E-state index is 12.9. The molecule has 0 aliphatic heterocycles. The molecule has 0 aliphatic rings. The number of nitrogens with zero attached hydrogens (tertiary/aromatic N) is 1. The van der Waals surface area contributed by atoms with Crippen molar-refractivity contribution in [2.45, 2.75) is 20.4 Å². The molecule has 0 amide bonds. The Balaban J connectivity index is 2.63. The quantitative estimate of drug-likeness (QED) is 0.824. The highest BCUT2D eigenvalue weighted by Gasteiger charge is 2.16. The number of hydrogen-bond donors (Lipinski definition) is 1. The predicted octanol–water partition coefficient (Wildman–Crippen LogP) is 2.74. The van der Waals surface area contributed by atoms with E-state index >= 15 is 0 Å². The van der Waals surface area contributed by atoms with E-state index in [1.807, 2.05) is 0 Å². The van der Waals surface area contributed by atoms with Crippen LogP contribution < -0.4 is 5.32 Å². The highest BCUT2D eigenvalue weighted by Crippen LogP contribution is 2.14. The van der Waals surface area contributed by atoms with Crippen molar-refractivity contribution in [3.05, 3.63) is 35.1 Å². The molecule has 0 radical (unpaired) electrons. The fourth-order valence-electron chi connectivity index (χ4n) is 1.27. The van der Waals surface area contributed by atoms with Crippen LogP contribution in [0.15, 0.2) is 12.1 Å². The molecule has 0 saturated carbocycles. The highest BCUT2D eigenvalue weighted by molar-refractivity contribution is 5.19. The van der Waals surface area contributed by atoms with Crippen LogP contribution in [0.1, 0.15) is 19.4 Å². The van der Waals surface area contributed by atoms with Gasteiger partial charge in [0.15, 0.2) is 17.5 Å². The largest absolute Gasteiger partial charge is 0.311 e. The minimum absolute atomic E-state index is 0.180. The SMILES string of the molecule is CC(C)(C#N)CNCc1cc(F)c(F)c(F)c1. The molecule has 92 valence electrons. The molecule has 1 aromatic rings. The lowest BCUT2D eigenvalue weighted by molar-refractivity contribution is 0.434. The van der Waals surface area contributed by atoms with Crippen molar-refractivity contribution in [1.29, 1.82) is 5.26 Å². The second kappa shape index (κ2) is 5.19. The van der Waals surface area contributed by atoms with Gasteiger partial charge in [0.2, 0.25) is 0 Å². The van der Waals surface area contributed by atoms with Crippen LogP contribution in [0.2, 0.25) is 0 Å². The van der Waals surface area contributed by atoms with Gasteiger partial charge >= 0.3 is 0 Å². The number of nitrogens with one attached hydrogen (secondary N) is 1. The van der Waals surface area contributed by atoms with Gasteiger partial charge < -0.3 is 5.32 Å². The van der Waals surface area contributed by atoms with Gasteiger partial charge in [-0.15, -0.1) is 0 Å². The fraction of sp³-hybridized carbons (Fsp3) is 0.417. The molecule has 17 heavy (non-hydrogen) atoms. The standard InChI is InChI=1S/C12H13F3N2/c1-12(2,6-16)7-17-5-8-3-9(13)11(15)10(14)4-8/h3-4,17H,5,7H2,1-2H3. The summed E-state index contributed by atoms with van der Waals surface area (Å²) in [6, 6.07) is 3.96. The molecule has 1 rings (SSSR count). The third-order valence-corrected chi connectivity index (χ3v) is 2.24. The first-order valence-corrected chi connectivity index (χ1v) is 5.11. The molecule has 1 aromatic carbocycles. The first kappa shape index (κ1) is 13.5. The van der Waals surface area contributed by atoms with Crippen LogP contribution in [0, 0.1) is 34.2 Å². The summed E-state index contributed by atoms with van der Waals surface area (Å²) in [7, 11) is 0. The molecule has 0 spiro atoms. The Hall–Kier alpha value is -1.54. The Labute approximate surface area is 98.1 Å². The molecular formula is C12H13F3N2. The minimum Gasteiger partial charge on any atom is -0.311 e. The molecule has 1 N–H and O–H groups in total. The van der Waals surface area contributed by atoms with Gasteiger partial charge in [0, 0.05) is 13.1 Å². The first-order valence-electron chi connectivity index (χ1n) is 5.11. The van der Waals surface area contributed by atoms with Gasteiger partial charge in [-0.1, -0.05) is 0 Å². The van der Waals surface area contributed by atoms with E-state index in [1.54, 1.807) is 13.8 Å². The Morgan fingerprint density at radius 1 is 1.24 bits per heavy atom. The number of halogens is 3. The Morgan fingerprint density at radius 2 is 1.76 bits per heavy atom. The van der Waals surface area contributed by atoms with Gasteiger partial charge in [0.05, 0.1) is 11.5 Å². The topological polar surface area (TPSA) is 35.8 Å². The number of hydrogen-bond acceptors (Lipinski definition) is 2. The third-order valence-electron chi connectivity index (χ3n) is 2.24. The normalized spacial score (nSPS) is 11.3. The monoisotopic (exact) mass is 242 g/mol. The fourth-order valence-corrected chi connectivity index (χ4v) is 1.27. The Morgan fingerprint density at radius 3 is 2.24 bits per heavy atom. The van der Waals surface area contributed by atoms with E-state index < -0.39 is 22.9 Å². The molecule has 0 unspecified atom stereocenters. The van der Waals surface area contributed by atoms with E-state index in [4.69, 9.17) is 5.26 Å². The molecule has 0 bridgehead atoms. The molecule has 0 fully saturated rings. The molecule has 0 aromatic heterocycles. The van der Waals surface area contributed by atoms with Crippen LogP contribution in [0.25, 0.3) is 0 Å². The Bertz CT molecular complexity index is 427. The molecular weight excluding hydrogens is 229 g/mol. The summed E-state index contributed by atoms with van der Waals surface area (Å²) < 4.78 is 38.4. The van der Waals surface area contributed by atoms with E-state index in [0.29, 0.717) is 12.1 Å². The minimum atomic E-state index is -1.47. The van der Waals surface area contributed by atoms with Crippen LogP contribution in [0.3, 0.4) is 0 Å². The summed E-state index contributed by atoms with van der Waals surface area (Å²) in [6.07, 6.45) is 0. The van der Waals surface area contributed by atoms with Crippen molar-refractivity contribution in [2.75, 3.05) is 6.54 Å². The van der Waals surface area contributed by atoms with Crippen LogP contribution in [0.5, 0.6) is 0 Å². The van der Waals surface area contributed by atoms with Gasteiger partial charge in [-0.2, -0.15) is 5.26 Å². The molecule has 0 heterocycles. The number of rotatable bonds is 4. The highest BCUT2D eigenvalue weighted by atomic mass is 19.2. The van der Waals surface area contributed by atoms with Crippen LogP contribution in [-0.4, -0.2) is 6.54 Å². The van der Waals surface area contributed by atoms with Crippen LogP contribution in [-0.2, 0) is 6.54 Å². The maximum Gasteiger partial charge on any atom is 0.194 e. The average Bonchev–Trinajstić information content (AvgIpc) is 2.25. The average molecular weight is 242 g/mol. The van der Waals surface area contributed by atoms with Gasteiger partial charge in [-0.25, -0.2) is 13.2 Å².